The highest BCUT2D eigenvalue weighted by Gasteiger charge is 2.24. The normalized spacial score (nSPS) is 23.4. The average molecular weight is 288 g/mol. The third kappa shape index (κ3) is 4.02. The van der Waals surface area contributed by atoms with Crippen LogP contribution in [-0.2, 0) is 11.3 Å². The zero-order valence-electron chi connectivity index (χ0n) is 12.5. The van der Waals surface area contributed by atoms with E-state index in [0.717, 1.165) is 58.7 Å². The molecule has 0 aliphatic carbocycles. The standard InChI is InChI=1S/C16H24N4O/c21-16(11-15-3-6-18-12-15)20-9-7-19(8-10-20)13-14-1-4-17-5-2-14/h1-2,4-5,15,18H,3,6-13H2. The molecule has 5 heteroatoms. The predicted molar refractivity (Wildman–Crippen MR) is 81.7 cm³/mol. The zero-order valence-corrected chi connectivity index (χ0v) is 12.5. The van der Waals surface area contributed by atoms with Crippen LogP contribution < -0.4 is 5.32 Å². The number of rotatable bonds is 4. The molecular weight excluding hydrogens is 264 g/mol. The van der Waals surface area contributed by atoms with Crippen LogP contribution >= 0.6 is 0 Å². The first-order chi connectivity index (χ1) is 10.3. The molecule has 1 N–H and O–H groups in total. The number of pyridine rings is 1. The highest BCUT2D eigenvalue weighted by Crippen LogP contribution is 2.15. The molecule has 2 aliphatic rings. The van der Waals surface area contributed by atoms with E-state index in [1.54, 1.807) is 0 Å². The summed E-state index contributed by atoms with van der Waals surface area (Å²) in [5, 5.41) is 3.33. The predicted octanol–water partition coefficient (Wildman–Crippen LogP) is 0.725. The second kappa shape index (κ2) is 7.00. The molecule has 114 valence electrons. The number of hydrogen-bond donors (Lipinski definition) is 1. The molecule has 0 bridgehead atoms. The highest BCUT2D eigenvalue weighted by atomic mass is 16.2. The van der Waals surface area contributed by atoms with Crippen molar-refractivity contribution in [3.05, 3.63) is 30.1 Å². The highest BCUT2D eigenvalue weighted by molar-refractivity contribution is 5.76. The van der Waals surface area contributed by atoms with Gasteiger partial charge >= 0.3 is 0 Å². The summed E-state index contributed by atoms with van der Waals surface area (Å²) in [7, 11) is 0. The molecule has 1 aromatic rings. The summed E-state index contributed by atoms with van der Waals surface area (Å²) in [5.41, 5.74) is 1.29. The van der Waals surface area contributed by atoms with Crippen LogP contribution in [0.25, 0.3) is 0 Å². The molecule has 1 atom stereocenters. The molecule has 0 saturated carbocycles. The van der Waals surface area contributed by atoms with Crippen LogP contribution in [0, 0.1) is 5.92 Å². The Morgan fingerprint density at radius 1 is 1.24 bits per heavy atom. The second-order valence-corrected chi connectivity index (χ2v) is 6.08. The molecule has 2 aliphatic heterocycles. The monoisotopic (exact) mass is 288 g/mol. The first kappa shape index (κ1) is 14.5. The molecule has 0 radical (unpaired) electrons. The maximum atomic E-state index is 12.3. The van der Waals surface area contributed by atoms with Gasteiger partial charge in [0.05, 0.1) is 0 Å². The van der Waals surface area contributed by atoms with Crippen molar-refractivity contribution >= 4 is 5.91 Å². The van der Waals surface area contributed by atoms with Crippen molar-refractivity contribution in [2.24, 2.45) is 5.92 Å². The van der Waals surface area contributed by atoms with Crippen molar-refractivity contribution in [1.82, 2.24) is 20.1 Å². The van der Waals surface area contributed by atoms with Crippen LogP contribution in [0.5, 0.6) is 0 Å². The molecule has 3 rings (SSSR count). The summed E-state index contributed by atoms with van der Waals surface area (Å²) < 4.78 is 0. The number of nitrogens with zero attached hydrogens (tertiary/aromatic N) is 3. The van der Waals surface area contributed by atoms with E-state index in [2.05, 4.69) is 27.3 Å². The summed E-state index contributed by atoms with van der Waals surface area (Å²) >= 11 is 0. The van der Waals surface area contributed by atoms with Crippen LogP contribution in [0.1, 0.15) is 18.4 Å². The van der Waals surface area contributed by atoms with Gasteiger partial charge in [-0.1, -0.05) is 0 Å². The van der Waals surface area contributed by atoms with Gasteiger partial charge in [0.15, 0.2) is 0 Å². The molecule has 0 aromatic carbocycles. The third-order valence-electron chi connectivity index (χ3n) is 4.51. The lowest BCUT2D eigenvalue weighted by atomic mass is 10.0. The smallest absolute Gasteiger partial charge is 0.222 e. The van der Waals surface area contributed by atoms with Gasteiger partial charge in [-0.2, -0.15) is 0 Å². The van der Waals surface area contributed by atoms with E-state index in [4.69, 9.17) is 0 Å². The molecule has 21 heavy (non-hydrogen) atoms. The van der Waals surface area contributed by atoms with Gasteiger partial charge in [0.1, 0.15) is 0 Å². The molecule has 1 aromatic heterocycles. The van der Waals surface area contributed by atoms with Crippen molar-refractivity contribution in [3.63, 3.8) is 0 Å². The molecule has 2 fully saturated rings. The van der Waals surface area contributed by atoms with Crippen LogP contribution in [0.2, 0.25) is 0 Å². The summed E-state index contributed by atoms with van der Waals surface area (Å²) in [6.07, 6.45) is 5.54. The lowest BCUT2D eigenvalue weighted by molar-refractivity contribution is -0.133. The summed E-state index contributed by atoms with van der Waals surface area (Å²) in [6.45, 7) is 6.70. The Morgan fingerprint density at radius 3 is 2.67 bits per heavy atom. The fourth-order valence-corrected chi connectivity index (χ4v) is 3.17. The number of nitrogens with one attached hydrogen (secondary N) is 1. The minimum atomic E-state index is 0.340. The average Bonchev–Trinajstić information content (AvgIpc) is 3.02. The van der Waals surface area contributed by atoms with Gasteiger partial charge in [-0.3, -0.25) is 14.7 Å². The number of hydrogen-bond acceptors (Lipinski definition) is 4. The Hall–Kier alpha value is -1.46. The number of carbonyl (C=O) groups excluding carboxylic acids is 1. The summed E-state index contributed by atoms with van der Waals surface area (Å²) in [5.74, 6) is 0.889. The second-order valence-electron chi connectivity index (χ2n) is 6.08. The topological polar surface area (TPSA) is 48.5 Å². The Balaban J connectivity index is 1.43. The van der Waals surface area contributed by atoms with Crippen molar-refractivity contribution in [3.8, 4) is 0 Å². The van der Waals surface area contributed by atoms with E-state index in [-0.39, 0.29) is 0 Å². The van der Waals surface area contributed by atoms with E-state index >= 15 is 0 Å². The fraction of sp³-hybridized carbons (Fsp3) is 0.625. The lowest BCUT2D eigenvalue weighted by Crippen LogP contribution is -2.48. The molecule has 1 unspecified atom stereocenters. The van der Waals surface area contributed by atoms with Gasteiger partial charge in [0.2, 0.25) is 5.91 Å². The maximum Gasteiger partial charge on any atom is 0.222 e. The van der Waals surface area contributed by atoms with Gasteiger partial charge in [-0.05, 0) is 43.1 Å². The molecular formula is C16H24N4O. The van der Waals surface area contributed by atoms with Crippen molar-refractivity contribution in [2.75, 3.05) is 39.3 Å². The summed E-state index contributed by atoms with van der Waals surface area (Å²) in [6, 6.07) is 4.12. The SMILES string of the molecule is O=C(CC1CCNC1)N1CCN(Cc2ccncc2)CC1. The molecule has 5 nitrogen and oxygen atoms in total. The van der Waals surface area contributed by atoms with E-state index in [0.29, 0.717) is 11.8 Å². The van der Waals surface area contributed by atoms with E-state index in [1.165, 1.54) is 5.56 Å². The molecule has 3 heterocycles. The quantitative estimate of drug-likeness (QED) is 0.887. The van der Waals surface area contributed by atoms with E-state index in [1.807, 2.05) is 17.3 Å². The fourth-order valence-electron chi connectivity index (χ4n) is 3.17. The van der Waals surface area contributed by atoms with Crippen molar-refractivity contribution < 1.29 is 4.79 Å². The Bertz CT molecular complexity index is 451. The maximum absolute atomic E-state index is 12.3. The number of amides is 1. The van der Waals surface area contributed by atoms with Crippen molar-refractivity contribution in [1.29, 1.82) is 0 Å². The summed E-state index contributed by atoms with van der Waals surface area (Å²) in [4.78, 5) is 20.8. The largest absolute Gasteiger partial charge is 0.340 e. The van der Waals surface area contributed by atoms with Crippen LogP contribution in [0.15, 0.2) is 24.5 Å². The zero-order chi connectivity index (χ0) is 14.5. The lowest BCUT2D eigenvalue weighted by Gasteiger charge is -2.35. The Morgan fingerprint density at radius 2 is 2.00 bits per heavy atom. The Labute approximate surface area is 126 Å². The van der Waals surface area contributed by atoms with Gasteiger partial charge in [0, 0.05) is 51.5 Å². The number of piperazine rings is 1. The molecule has 0 spiro atoms. The van der Waals surface area contributed by atoms with E-state index in [9.17, 15) is 4.79 Å². The van der Waals surface area contributed by atoms with Gasteiger partial charge in [-0.25, -0.2) is 0 Å². The molecule has 1 amide bonds. The van der Waals surface area contributed by atoms with Crippen molar-refractivity contribution in [2.45, 2.75) is 19.4 Å². The van der Waals surface area contributed by atoms with Crippen LogP contribution in [-0.4, -0.2) is 60.0 Å². The van der Waals surface area contributed by atoms with E-state index < -0.39 is 0 Å². The van der Waals surface area contributed by atoms with Crippen LogP contribution in [0.4, 0.5) is 0 Å². The number of carbonyl (C=O) groups is 1. The first-order valence-electron chi connectivity index (χ1n) is 7.91. The number of aromatic nitrogens is 1. The molecule has 2 saturated heterocycles. The van der Waals surface area contributed by atoms with Crippen LogP contribution in [0.3, 0.4) is 0 Å². The third-order valence-corrected chi connectivity index (χ3v) is 4.51. The first-order valence-corrected chi connectivity index (χ1v) is 7.91. The van der Waals surface area contributed by atoms with Gasteiger partial charge in [0.25, 0.3) is 0 Å². The minimum absolute atomic E-state index is 0.340. The minimum Gasteiger partial charge on any atom is -0.340 e. The van der Waals surface area contributed by atoms with Gasteiger partial charge in [-0.15, -0.1) is 0 Å². The van der Waals surface area contributed by atoms with Gasteiger partial charge < -0.3 is 10.2 Å². The Kier molecular flexibility index (Phi) is 4.83.